The average molecular weight is 289 g/mol. The minimum absolute atomic E-state index is 0.0880. The van der Waals surface area contributed by atoms with Crippen molar-refractivity contribution >= 4 is 27.1 Å². The maximum absolute atomic E-state index is 11.4. The molecular weight excluding hydrogens is 272 g/mol. The Labute approximate surface area is 113 Å². The van der Waals surface area contributed by atoms with Crippen molar-refractivity contribution in [3.05, 3.63) is 28.8 Å². The summed E-state index contributed by atoms with van der Waals surface area (Å²) in [6.07, 6.45) is 0.701. The maximum Gasteiger partial charge on any atom is 0.151 e. The molecule has 0 aliphatic carbocycles. The van der Waals surface area contributed by atoms with Crippen LogP contribution in [0.25, 0.3) is 0 Å². The van der Waals surface area contributed by atoms with Gasteiger partial charge in [0, 0.05) is 23.3 Å². The first-order valence-electron chi connectivity index (χ1n) is 5.82. The van der Waals surface area contributed by atoms with Gasteiger partial charge in [0.2, 0.25) is 0 Å². The minimum atomic E-state index is -2.84. The second kappa shape index (κ2) is 5.07. The quantitative estimate of drug-likeness (QED) is 0.857. The van der Waals surface area contributed by atoms with Gasteiger partial charge in [-0.2, -0.15) is 0 Å². The molecule has 2 N–H and O–H groups in total. The summed E-state index contributed by atoms with van der Waals surface area (Å²) in [5.74, 6) is 0.537. The number of rotatable bonds is 3. The number of benzene rings is 1. The predicted octanol–water partition coefficient (Wildman–Crippen LogP) is 1.54. The van der Waals surface area contributed by atoms with E-state index in [1.165, 1.54) is 0 Å². The Balaban J connectivity index is 2.05. The third-order valence-electron chi connectivity index (χ3n) is 3.36. The van der Waals surface area contributed by atoms with E-state index in [1.54, 1.807) is 12.1 Å². The Morgan fingerprint density at radius 1 is 1.50 bits per heavy atom. The Morgan fingerprint density at radius 2 is 2.22 bits per heavy atom. The zero-order chi connectivity index (χ0) is 13.3. The lowest BCUT2D eigenvalue weighted by molar-refractivity contribution is 0.254. The van der Waals surface area contributed by atoms with E-state index in [4.69, 9.17) is 17.3 Å². The fraction of sp³-hybridized carbons (Fsp3) is 0.500. The monoisotopic (exact) mass is 288 g/mol. The molecule has 4 nitrogen and oxygen atoms in total. The normalized spacial score (nSPS) is 22.5. The number of halogens is 1. The van der Waals surface area contributed by atoms with Crippen LogP contribution >= 0.6 is 11.6 Å². The molecule has 1 heterocycles. The third-order valence-corrected chi connectivity index (χ3v) is 5.34. The predicted molar refractivity (Wildman–Crippen MR) is 74.4 cm³/mol. The number of hydrogen-bond donors (Lipinski definition) is 1. The van der Waals surface area contributed by atoms with Gasteiger partial charge in [-0.05, 0) is 31.2 Å². The molecule has 0 radical (unpaired) electrons. The molecule has 2 rings (SSSR count). The molecule has 1 saturated heterocycles. The third kappa shape index (κ3) is 3.16. The number of nitrogens with zero attached hydrogens (tertiary/aromatic N) is 1. The van der Waals surface area contributed by atoms with Crippen LogP contribution in [0.5, 0.6) is 0 Å². The van der Waals surface area contributed by atoms with Crippen LogP contribution in [-0.2, 0) is 16.4 Å². The van der Waals surface area contributed by atoms with Crippen LogP contribution in [0.15, 0.2) is 18.2 Å². The fourth-order valence-corrected chi connectivity index (χ4v) is 4.22. The molecule has 0 spiro atoms. The van der Waals surface area contributed by atoms with E-state index < -0.39 is 9.84 Å². The van der Waals surface area contributed by atoms with E-state index in [0.29, 0.717) is 23.7 Å². The van der Waals surface area contributed by atoms with Gasteiger partial charge in [-0.25, -0.2) is 8.42 Å². The summed E-state index contributed by atoms with van der Waals surface area (Å²) in [6.45, 7) is 0.642. The molecule has 6 heteroatoms. The number of nitrogen functional groups attached to an aromatic ring is 1. The van der Waals surface area contributed by atoms with Crippen molar-refractivity contribution in [2.45, 2.75) is 19.0 Å². The van der Waals surface area contributed by atoms with Crippen molar-refractivity contribution < 1.29 is 8.42 Å². The Morgan fingerprint density at radius 3 is 2.78 bits per heavy atom. The van der Waals surface area contributed by atoms with Crippen molar-refractivity contribution in [2.75, 3.05) is 24.3 Å². The van der Waals surface area contributed by atoms with Gasteiger partial charge >= 0.3 is 0 Å². The fourth-order valence-electron chi connectivity index (χ4n) is 2.23. The number of hydrogen-bond acceptors (Lipinski definition) is 4. The molecule has 0 aromatic heterocycles. The standard InChI is InChI=1S/C12H17ClN2O2S/c1-15(11-4-5-18(16,17)8-11)7-9-2-3-10(13)6-12(9)14/h2-3,6,11H,4-5,7-8,14H2,1H3. The largest absolute Gasteiger partial charge is 0.398 e. The van der Waals surface area contributed by atoms with Crippen molar-refractivity contribution in [1.29, 1.82) is 0 Å². The first kappa shape index (κ1) is 13.6. The van der Waals surface area contributed by atoms with Crippen molar-refractivity contribution in [1.82, 2.24) is 4.90 Å². The van der Waals surface area contributed by atoms with Crippen molar-refractivity contribution in [3.8, 4) is 0 Å². The number of anilines is 1. The number of nitrogens with two attached hydrogens (primary N) is 1. The summed E-state index contributed by atoms with van der Waals surface area (Å²) in [5.41, 5.74) is 7.52. The van der Waals surface area contributed by atoms with Crippen LogP contribution in [0.3, 0.4) is 0 Å². The lowest BCUT2D eigenvalue weighted by Crippen LogP contribution is -2.32. The molecule has 0 saturated carbocycles. The Hall–Kier alpha value is -0.780. The highest BCUT2D eigenvalue weighted by atomic mass is 35.5. The lowest BCUT2D eigenvalue weighted by Gasteiger charge is -2.23. The molecule has 100 valence electrons. The SMILES string of the molecule is CN(Cc1ccc(Cl)cc1N)C1CCS(=O)(=O)C1. The van der Waals surface area contributed by atoms with Crippen molar-refractivity contribution in [3.63, 3.8) is 0 Å². The molecule has 0 amide bonds. The van der Waals surface area contributed by atoms with Gasteiger partial charge in [-0.3, -0.25) is 4.90 Å². The Kier molecular flexibility index (Phi) is 3.84. The van der Waals surface area contributed by atoms with E-state index in [-0.39, 0.29) is 17.5 Å². The van der Waals surface area contributed by atoms with E-state index in [0.717, 1.165) is 5.56 Å². The second-order valence-corrected chi connectivity index (χ2v) is 7.48. The zero-order valence-electron chi connectivity index (χ0n) is 10.3. The summed E-state index contributed by atoms with van der Waals surface area (Å²) in [6, 6.07) is 5.49. The summed E-state index contributed by atoms with van der Waals surface area (Å²) < 4.78 is 22.9. The molecule has 18 heavy (non-hydrogen) atoms. The van der Waals surface area contributed by atoms with Gasteiger partial charge in [0.15, 0.2) is 9.84 Å². The van der Waals surface area contributed by atoms with Crippen LogP contribution in [0.2, 0.25) is 5.02 Å². The zero-order valence-corrected chi connectivity index (χ0v) is 11.8. The smallest absolute Gasteiger partial charge is 0.151 e. The van der Waals surface area contributed by atoms with Gasteiger partial charge in [0.25, 0.3) is 0 Å². The molecule has 1 atom stereocenters. The van der Waals surface area contributed by atoms with Crippen LogP contribution < -0.4 is 5.73 Å². The molecule has 1 aliphatic heterocycles. The lowest BCUT2D eigenvalue weighted by atomic mass is 10.1. The summed E-state index contributed by atoms with van der Waals surface area (Å²) in [5, 5.41) is 0.613. The average Bonchev–Trinajstić information content (AvgIpc) is 2.63. The van der Waals surface area contributed by atoms with Gasteiger partial charge in [0.1, 0.15) is 0 Å². The first-order valence-corrected chi connectivity index (χ1v) is 8.02. The Bertz CT molecular complexity index is 545. The van der Waals surface area contributed by atoms with Crippen LogP contribution in [0.4, 0.5) is 5.69 Å². The van der Waals surface area contributed by atoms with Crippen molar-refractivity contribution in [2.24, 2.45) is 0 Å². The van der Waals surface area contributed by atoms with Crippen LogP contribution in [-0.4, -0.2) is 37.9 Å². The topological polar surface area (TPSA) is 63.4 Å². The van der Waals surface area contributed by atoms with E-state index in [9.17, 15) is 8.42 Å². The van der Waals surface area contributed by atoms with Gasteiger partial charge in [-0.15, -0.1) is 0 Å². The molecule has 1 aliphatic rings. The van der Waals surface area contributed by atoms with E-state index >= 15 is 0 Å². The van der Waals surface area contributed by atoms with E-state index in [1.807, 2.05) is 18.0 Å². The molecule has 0 bridgehead atoms. The molecule has 1 aromatic rings. The molecular formula is C12H17ClN2O2S. The van der Waals surface area contributed by atoms with E-state index in [2.05, 4.69) is 0 Å². The molecule has 1 unspecified atom stereocenters. The summed E-state index contributed by atoms with van der Waals surface area (Å²) in [7, 11) is -0.914. The van der Waals surface area contributed by atoms with Gasteiger partial charge in [-0.1, -0.05) is 17.7 Å². The maximum atomic E-state index is 11.4. The highest BCUT2D eigenvalue weighted by molar-refractivity contribution is 7.91. The van der Waals surface area contributed by atoms with Crippen LogP contribution in [0, 0.1) is 0 Å². The summed E-state index contributed by atoms with van der Waals surface area (Å²) in [4.78, 5) is 2.05. The van der Waals surface area contributed by atoms with Gasteiger partial charge in [0.05, 0.1) is 11.5 Å². The summed E-state index contributed by atoms with van der Waals surface area (Å²) >= 11 is 5.85. The second-order valence-electron chi connectivity index (χ2n) is 4.82. The highest BCUT2D eigenvalue weighted by Crippen LogP contribution is 2.22. The highest BCUT2D eigenvalue weighted by Gasteiger charge is 2.30. The minimum Gasteiger partial charge on any atom is -0.398 e. The molecule has 1 aromatic carbocycles. The first-order chi connectivity index (χ1) is 8.37. The van der Waals surface area contributed by atoms with Gasteiger partial charge < -0.3 is 5.73 Å². The number of sulfone groups is 1. The molecule has 1 fully saturated rings. The van der Waals surface area contributed by atoms with Crippen LogP contribution in [0.1, 0.15) is 12.0 Å².